The summed E-state index contributed by atoms with van der Waals surface area (Å²) < 4.78 is 41.6. The molecule has 3 rings (SSSR count). The maximum Gasteiger partial charge on any atom is 0.422 e. The number of carbonyl (C=O) groups is 2. The van der Waals surface area contributed by atoms with Crippen molar-refractivity contribution in [3.63, 3.8) is 0 Å². The van der Waals surface area contributed by atoms with Crippen molar-refractivity contribution in [1.29, 1.82) is 5.41 Å². The first-order chi connectivity index (χ1) is 13.0. The average molecular weight is 396 g/mol. The fraction of sp³-hybridized carbons (Fsp3) is 0.444. The van der Waals surface area contributed by atoms with Crippen LogP contribution in [0.5, 0.6) is 5.88 Å². The summed E-state index contributed by atoms with van der Waals surface area (Å²) in [4.78, 5) is 29.7. The Kier molecular flexibility index (Phi) is 4.68. The van der Waals surface area contributed by atoms with Crippen molar-refractivity contribution in [3.05, 3.63) is 35.5 Å². The zero-order valence-electron chi connectivity index (χ0n) is 15.2. The number of amides is 2. The SMILES string of the molecule is Cc1cc(C(C)N2C[C@@]3(C(=N)C(N)=O)C=CC3C2=O)cnc1OCC(F)(F)F. The molecule has 0 aromatic carbocycles. The maximum atomic E-state index is 12.7. The molecule has 2 heterocycles. The van der Waals surface area contributed by atoms with Crippen LogP contribution in [0.2, 0.25) is 0 Å². The second-order valence-electron chi connectivity index (χ2n) is 7.05. The Morgan fingerprint density at radius 2 is 2.21 bits per heavy atom. The summed E-state index contributed by atoms with van der Waals surface area (Å²) in [7, 11) is 0. The Morgan fingerprint density at radius 3 is 2.71 bits per heavy atom. The molecule has 2 unspecified atom stereocenters. The highest BCUT2D eigenvalue weighted by Crippen LogP contribution is 2.49. The van der Waals surface area contributed by atoms with Crippen LogP contribution in [-0.2, 0) is 9.59 Å². The molecule has 7 nitrogen and oxygen atoms in total. The molecule has 28 heavy (non-hydrogen) atoms. The number of nitrogens with one attached hydrogen (secondary N) is 1. The lowest BCUT2D eigenvalue weighted by molar-refractivity contribution is -0.154. The molecule has 1 aromatic rings. The predicted molar refractivity (Wildman–Crippen MR) is 92.6 cm³/mol. The van der Waals surface area contributed by atoms with Crippen LogP contribution in [0, 0.1) is 23.7 Å². The predicted octanol–water partition coefficient (Wildman–Crippen LogP) is 1.91. The zero-order chi connectivity index (χ0) is 20.9. The number of nitrogens with zero attached hydrogens (tertiary/aromatic N) is 2. The first-order valence-corrected chi connectivity index (χ1v) is 8.51. The van der Waals surface area contributed by atoms with Gasteiger partial charge in [-0.05, 0) is 25.5 Å². The van der Waals surface area contributed by atoms with Gasteiger partial charge in [0.2, 0.25) is 11.8 Å². The van der Waals surface area contributed by atoms with E-state index in [0.717, 1.165) is 0 Å². The van der Waals surface area contributed by atoms with Crippen molar-refractivity contribution >= 4 is 17.5 Å². The lowest BCUT2D eigenvalue weighted by atomic mass is 9.66. The first-order valence-electron chi connectivity index (χ1n) is 8.51. The molecule has 3 atom stereocenters. The number of carbonyl (C=O) groups excluding carboxylic acids is 2. The van der Waals surface area contributed by atoms with E-state index < -0.39 is 36.1 Å². The number of primary amides is 1. The van der Waals surface area contributed by atoms with Gasteiger partial charge in [-0.3, -0.25) is 15.0 Å². The number of halogens is 3. The molecule has 0 bridgehead atoms. The van der Waals surface area contributed by atoms with Crippen molar-refractivity contribution in [1.82, 2.24) is 9.88 Å². The van der Waals surface area contributed by atoms with E-state index in [-0.39, 0.29) is 24.0 Å². The normalized spacial score (nSPS) is 24.5. The smallest absolute Gasteiger partial charge is 0.422 e. The first kappa shape index (κ1) is 19.8. The van der Waals surface area contributed by atoms with Gasteiger partial charge < -0.3 is 15.4 Å². The van der Waals surface area contributed by atoms with Crippen LogP contribution in [0.3, 0.4) is 0 Å². The number of pyridine rings is 1. The zero-order valence-corrected chi connectivity index (χ0v) is 15.2. The Labute approximate surface area is 158 Å². The molecule has 0 spiro atoms. The maximum absolute atomic E-state index is 12.7. The van der Waals surface area contributed by atoms with Gasteiger partial charge in [-0.15, -0.1) is 0 Å². The topological polar surface area (TPSA) is 109 Å². The van der Waals surface area contributed by atoms with Crippen molar-refractivity contribution in [3.8, 4) is 5.88 Å². The number of hydrogen-bond donors (Lipinski definition) is 2. The third-order valence-electron chi connectivity index (χ3n) is 5.21. The number of hydrogen-bond acceptors (Lipinski definition) is 5. The number of nitrogens with two attached hydrogens (primary N) is 1. The third-order valence-corrected chi connectivity index (χ3v) is 5.21. The largest absolute Gasteiger partial charge is 0.468 e. The number of likely N-dealkylation sites (tertiary alicyclic amines) is 1. The van der Waals surface area contributed by atoms with Gasteiger partial charge >= 0.3 is 6.18 Å². The van der Waals surface area contributed by atoms with Crippen LogP contribution >= 0.6 is 0 Å². The van der Waals surface area contributed by atoms with E-state index >= 15 is 0 Å². The van der Waals surface area contributed by atoms with Crippen LogP contribution in [0.4, 0.5) is 13.2 Å². The number of alkyl halides is 3. The Morgan fingerprint density at radius 1 is 1.54 bits per heavy atom. The summed E-state index contributed by atoms with van der Waals surface area (Å²) in [5.74, 6) is -1.86. The molecule has 1 aliphatic heterocycles. The van der Waals surface area contributed by atoms with Crippen LogP contribution in [-0.4, -0.2) is 46.7 Å². The van der Waals surface area contributed by atoms with Gasteiger partial charge in [0.05, 0.1) is 17.4 Å². The van der Waals surface area contributed by atoms with E-state index in [0.29, 0.717) is 11.1 Å². The number of fused-ring (bicyclic) bond motifs is 1. The summed E-state index contributed by atoms with van der Waals surface area (Å²) in [6.45, 7) is 2.00. The van der Waals surface area contributed by atoms with Gasteiger partial charge in [0, 0.05) is 18.3 Å². The third kappa shape index (κ3) is 3.23. The van der Waals surface area contributed by atoms with Gasteiger partial charge in [0.1, 0.15) is 5.71 Å². The second-order valence-corrected chi connectivity index (χ2v) is 7.05. The Balaban J connectivity index is 1.79. The lowest BCUT2D eigenvalue weighted by Gasteiger charge is -2.34. The van der Waals surface area contributed by atoms with Crippen molar-refractivity contribution < 1.29 is 27.5 Å². The quantitative estimate of drug-likeness (QED) is 0.565. The fourth-order valence-electron chi connectivity index (χ4n) is 3.59. The fourth-order valence-corrected chi connectivity index (χ4v) is 3.59. The summed E-state index contributed by atoms with van der Waals surface area (Å²) in [6, 6.07) is 1.15. The minimum atomic E-state index is -4.46. The van der Waals surface area contributed by atoms with Crippen LogP contribution < -0.4 is 10.5 Å². The summed E-state index contributed by atoms with van der Waals surface area (Å²) in [5, 5.41) is 7.98. The van der Waals surface area contributed by atoms with Gasteiger partial charge in [0.15, 0.2) is 6.61 Å². The average Bonchev–Trinajstić information content (AvgIpc) is 2.77. The van der Waals surface area contributed by atoms with E-state index in [4.69, 9.17) is 15.9 Å². The summed E-state index contributed by atoms with van der Waals surface area (Å²) in [6.07, 6.45) is 0.182. The van der Waals surface area contributed by atoms with Gasteiger partial charge in [-0.25, -0.2) is 4.98 Å². The molecule has 10 heteroatoms. The van der Waals surface area contributed by atoms with Gasteiger partial charge in [-0.2, -0.15) is 13.2 Å². The molecule has 1 aromatic heterocycles. The molecule has 150 valence electrons. The van der Waals surface area contributed by atoms with E-state index in [1.54, 1.807) is 32.1 Å². The minimum absolute atomic E-state index is 0.126. The summed E-state index contributed by atoms with van der Waals surface area (Å²) in [5.41, 5.74) is 4.92. The lowest BCUT2D eigenvalue weighted by Crippen LogP contribution is -2.47. The van der Waals surface area contributed by atoms with Gasteiger partial charge in [0.25, 0.3) is 5.91 Å². The van der Waals surface area contributed by atoms with Crippen LogP contribution in [0.1, 0.15) is 24.1 Å². The second kappa shape index (κ2) is 6.61. The molecule has 2 amide bonds. The highest BCUT2D eigenvalue weighted by atomic mass is 19.4. The van der Waals surface area contributed by atoms with Crippen LogP contribution in [0.25, 0.3) is 0 Å². The molecule has 0 saturated carbocycles. The van der Waals surface area contributed by atoms with E-state index in [2.05, 4.69) is 4.98 Å². The number of aromatic nitrogens is 1. The number of aryl methyl sites for hydroxylation is 1. The standard InChI is InChI=1S/C18H19F3N4O3/c1-9-5-11(6-24-15(9)28-8-18(19,20)21)10(2)25-7-17(13(22)14(23)26)4-3-12(17)16(25)27/h3-6,10,12,22H,7-8H2,1-2H3,(H2,23,26)/t10?,12?,17-/m0/s1. The molecule has 1 fully saturated rings. The highest BCUT2D eigenvalue weighted by Gasteiger charge is 2.58. The van der Waals surface area contributed by atoms with E-state index in [9.17, 15) is 22.8 Å². The summed E-state index contributed by atoms with van der Waals surface area (Å²) >= 11 is 0. The molecule has 1 aliphatic carbocycles. The molecular weight excluding hydrogens is 377 g/mol. The van der Waals surface area contributed by atoms with E-state index in [1.165, 1.54) is 11.1 Å². The highest BCUT2D eigenvalue weighted by molar-refractivity contribution is 6.40. The molecule has 3 N–H and O–H groups in total. The molecule has 1 saturated heterocycles. The van der Waals surface area contributed by atoms with Gasteiger partial charge in [-0.1, -0.05) is 12.2 Å². The molecular formula is C18H19F3N4O3. The monoisotopic (exact) mass is 396 g/mol. The minimum Gasteiger partial charge on any atom is -0.468 e. The van der Waals surface area contributed by atoms with Crippen LogP contribution in [0.15, 0.2) is 24.4 Å². The van der Waals surface area contributed by atoms with E-state index in [1.807, 2.05) is 0 Å². The number of rotatable bonds is 6. The van der Waals surface area contributed by atoms with Crippen molar-refractivity contribution in [2.75, 3.05) is 13.2 Å². The van der Waals surface area contributed by atoms with Crippen molar-refractivity contribution in [2.45, 2.75) is 26.1 Å². The van der Waals surface area contributed by atoms with Crippen molar-refractivity contribution in [2.24, 2.45) is 17.1 Å². The Bertz CT molecular complexity index is 883. The Hall–Kier alpha value is -2.91. The molecule has 2 aliphatic rings. The number of ether oxygens (including phenoxy) is 1. The molecule has 0 radical (unpaired) electrons.